The lowest BCUT2D eigenvalue weighted by atomic mass is 10.1. The number of hydrogen-bond acceptors (Lipinski definition) is 6. The van der Waals surface area contributed by atoms with Crippen LogP contribution in [0.3, 0.4) is 0 Å². The Morgan fingerprint density at radius 1 is 1.16 bits per heavy atom. The molecule has 1 aliphatic rings. The maximum absolute atomic E-state index is 13.5. The first-order chi connectivity index (χ1) is 15.2. The standard InChI is InChI=1S/C21H21N5O4S2/c1-31(27,28)25-13-18-9-17(11-22)7-8-20(18)26(32(29,30)21-12-23-15-24-21)14-19(25)10-16-5-3-2-4-6-16/h2-9,12,15,19H,10,13-14H2,1H3,(H,23,24). The second kappa shape index (κ2) is 8.38. The van der Waals surface area contributed by atoms with Crippen molar-refractivity contribution in [3.63, 3.8) is 0 Å². The van der Waals surface area contributed by atoms with Gasteiger partial charge in [-0.2, -0.15) is 18.0 Å². The zero-order valence-corrected chi connectivity index (χ0v) is 18.8. The van der Waals surface area contributed by atoms with Gasteiger partial charge in [0.05, 0.1) is 36.4 Å². The van der Waals surface area contributed by atoms with Gasteiger partial charge < -0.3 is 4.98 Å². The number of H-pyrrole nitrogens is 1. The molecule has 0 aliphatic carbocycles. The first-order valence-corrected chi connectivity index (χ1v) is 13.0. The van der Waals surface area contributed by atoms with Gasteiger partial charge in [-0.25, -0.2) is 13.4 Å². The molecule has 166 valence electrons. The van der Waals surface area contributed by atoms with E-state index in [1.165, 1.54) is 33.3 Å². The monoisotopic (exact) mass is 471 g/mol. The van der Waals surface area contributed by atoms with Crippen molar-refractivity contribution in [2.75, 3.05) is 17.1 Å². The fraction of sp³-hybridized carbons (Fsp3) is 0.238. The van der Waals surface area contributed by atoms with E-state index in [1.54, 1.807) is 6.07 Å². The molecule has 4 rings (SSSR count). The highest BCUT2D eigenvalue weighted by Crippen LogP contribution is 2.34. The van der Waals surface area contributed by atoms with Crippen molar-refractivity contribution in [1.82, 2.24) is 14.3 Å². The molecule has 9 nitrogen and oxygen atoms in total. The Kier molecular flexibility index (Phi) is 5.77. The van der Waals surface area contributed by atoms with Gasteiger partial charge in [-0.1, -0.05) is 30.3 Å². The third-order valence-electron chi connectivity index (χ3n) is 5.36. The van der Waals surface area contributed by atoms with E-state index in [0.29, 0.717) is 23.2 Å². The van der Waals surface area contributed by atoms with Gasteiger partial charge in [-0.05, 0) is 35.7 Å². The lowest BCUT2D eigenvalue weighted by molar-refractivity contribution is 0.324. The fourth-order valence-electron chi connectivity index (χ4n) is 3.87. The van der Waals surface area contributed by atoms with Crippen LogP contribution in [0.2, 0.25) is 0 Å². The molecule has 32 heavy (non-hydrogen) atoms. The molecule has 2 aromatic carbocycles. The van der Waals surface area contributed by atoms with Gasteiger partial charge in [0.2, 0.25) is 10.0 Å². The highest BCUT2D eigenvalue weighted by molar-refractivity contribution is 7.92. The van der Waals surface area contributed by atoms with E-state index >= 15 is 0 Å². The maximum atomic E-state index is 13.5. The zero-order valence-electron chi connectivity index (χ0n) is 17.2. The van der Waals surface area contributed by atoms with Crippen LogP contribution < -0.4 is 4.31 Å². The topological polar surface area (TPSA) is 127 Å². The summed E-state index contributed by atoms with van der Waals surface area (Å²) in [5.41, 5.74) is 1.96. The molecule has 0 spiro atoms. The first kappa shape index (κ1) is 22.0. The van der Waals surface area contributed by atoms with Crippen LogP contribution in [0.5, 0.6) is 0 Å². The SMILES string of the molecule is CS(=O)(=O)N1Cc2cc(C#N)ccc2N(S(=O)(=O)c2c[nH]cn2)CC1Cc1ccccc1. The molecule has 0 saturated carbocycles. The molecule has 0 bridgehead atoms. The third kappa shape index (κ3) is 4.25. The van der Waals surface area contributed by atoms with Crippen LogP contribution in [-0.2, 0) is 33.0 Å². The Balaban J connectivity index is 1.88. The van der Waals surface area contributed by atoms with E-state index in [2.05, 4.69) is 9.97 Å². The molecule has 11 heteroatoms. The summed E-state index contributed by atoms with van der Waals surface area (Å²) < 4.78 is 55.0. The zero-order chi connectivity index (χ0) is 22.9. The van der Waals surface area contributed by atoms with Gasteiger partial charge >= 0.3 is 0 Å². The molecular formula is C21H21N5O4S2. The number of aromatic nitrogens is 2. The summed E-state index contributed by atoms with van der Waals surface area (Å²) in [5.74, 6) is 0. The van der Waals surface area contributed by atoms with Gasteiger partial charge in [0.25, 0.3) is 10.0 Å². The molecular weight excluding hydrogens is 450 g/mol. The molecule has 0 fully saturated rings. The summed E-state index contributed by atoms with van der Waals surface area (Å²) >= 11 is 0. The Morgan fingerprint density at radius 2 is 1.91 bits per heavy atom. The number of nitrogens with zero attached hydrogens (tertiary/aromatic N) is 4. The van der Waals surface area contributed by atoms with E-state index in [1.807, 2.05) is 36.4 Å². The van der Waals surface area contributed by atoms with E-state index in [4.69, 9.17) is 0 Å². The quantitative estimate of drug-likeness (QED) is 0.605. The van der Waals surface area contributed by atoms with Crippen molar-refractivity contribution in [3.8, 4) is 6.07 Å². The third-order valence-corrected chi connectivity index (χ3v) is 8.31. The summed E-state index contributed by atoms with van der Waals surface area (Å²) in [5, 5.41) is 9.16. The summed E-state index contributed by atoms with van der Waals surface area (Å²) in [6, 6.07) is 15.3. The Hall–Kier alpha value is -3.20. The molecule has 1 N–H and O–H groups in total. The molecule has 0 radical (unpaired) electrons. The van der Waals surface area contributed by atoms with Crippen LogP contribution in [0.25, 0.3) is 0 Å². The van der Waals surface area contributed by atoms with Crippen LogP contribution in [0, 0.1) is 11.3 Å². The van der Waals surface area contributed by atoms with Crippen LogP contribution in [0.4, 0.5) is 5.69 Å². The van der Waals surface area contributed by atoms with Crippen LogP contribution in [0.1, 0.15) is 16.7 Å². The second-order valence-corrected chi connectivity index (χ2v) is 11.3. The molecule has 0 amide bonds. The Labute approximate surface area is 187 Å². The molecule has 1 atom stereocenters. The highest BCUT2D eigenvalue weighted by Gasteiger charge is 2.38. The number of hydrogen-bond donors (Lipinski definition) is 1. The number of anilines is 1. The number of nitriles is 1. The van der Waals surface area contributed by atoms with E-state index in [0.717, 1.165) is 11.8 Å². The molecule has 1 aromatic heterocycles. The predicted octanol–water partition coefficient (Wildman–Crippen LogP) is 1.86. The van der Waals surface area contributed by atoms with Crippen LogP contribution in [0.15, 0.2) is 66.1 Å². The normalized spacial score (nSPS) is 17.4. The van der Waals surface area contributed by atoms with Crippen molar-refractivity contribution >= 4 is 25.7 Å². The van der Waals surface area contributed by atoms with Crippen molar-refractivity contribution in [2.24, 2.45) is 0 Å². The van der Waals surface area contributed by atoms with Crippen molar-refractivity contribution in [1.29, 1.82) is 5.26 Å². The number of sulfonamides is 2. The maximum Gasteiger partial charge on any atom is 0.283 e. The minimum absolute atomic E-state index is 0.0478. The largest absolute Gasteiger partial charge is 0.350 e. The van der Waals surface area contributed by atoms with Crippen LogP contribution in [-0.4, -0.2) is 50.0 Å². The summed E-state index contributed by atoms with van der Waals surface area (Å²) in [7, 11) is -7.78. The van der Waals surface area contributed by atoms with Gasteiger partial charge in [0.1, 0.15) is 0 Å². The molecule has 1 unspecified atom stereocenters. The van der Waals surface area contributed by atoms with Gasteiger partial charge in [-0.15, -0.1) is 0 Å². The highest BCUT2D eigenvalue weighted by atomic mass is 32.2. The lowest BCUT2D eigenvalue weighted by Crippen LogP contribution is -2.46. The average molecular weight is 472 g/mol. The summed E-state index contributed by atoms with van der Waals surface area (Å²) in [4.78, 5) is 6.56. The minimum Gasteiger partial charge on any atom is -0.350 e. The van der Waals surface area contributed by atoms with Gasteiger partial charge in [0.15, 0.2) is 5.03 Å². The fourth-order valence-corrected chi connectivity index (χ4v) is 6.36. The average Bonchev–Trinajstić information content (AvgIpc) is 3.25. The summed E-state index contributed by atoms with van der Waals surface area (Å²) in [6.45, 7) is -0.149. The number of imidazole rings is 1. The minimum atomic E-state index is -4.08. The van der Waals surface area contributed by atoms with Crippen molar-refractivity contribution < 1.29 is 16.8 Å². The number of nitrogens with one attached hydrogen (secondary N) is 1. The molecule has 2 heterocycles. The first-order valence-electron chi connectivity index (χ1n) is 9.75. The molecule has 0 saturated heterocycles. The van der Waals surface area contributed by atoms with Crippen molar-refractivity contribution in [2.45, 2.75) is 24.0 Å². The van der Waals surface area contributed by atoms with Gasteiger partial charge in [0, 0.05) is 18.8 Å². The number of aromatic amines is 1. The molecule has 3 aromatic rings. The Morgan fingerprint density at radius 3 is 2.53 bits per heavy atom. The van der Waals surface area contributed by atoms with Crippen LogP contribution >= 0.6 is 0 Å². The Bertz CT molecular complexity index is 1370. The number of benzene rings is 2. The van der Waals surface area contributed by atoms with Gasteiger partial charge in [-0.3, -0.25) is 4.31 Å². The smallest absolute Gasteiger partial charge is 0.283 e. The number of rotatable bonds is 5. The van der Waals surface area contributed by atoms with E-state index in [-0.39, 0.29) is 18.1 Å². The summed E-state index contributed by atoms with van der Waals surface area (Å²) in [6.07, 6.45) is 3.98. The van der Waals surface area contributed by atoms with Crippen molar-refractivity contribution in [3.05, 3.63) is 77.7 Å². The number of fused-ring (bicyclic) bond motifs is 1. The van der Waals surface area contributed by atoms with E-state index in [9.17, 15) is 22.1 Å². The predicted molar refractivity (Wildman–Crippen MR) is 119 cm³/mol. The lowest BCUT2D eigenvalue weighted by Gasteiger charge is -2.30. The van der Waals surface area contributed by atoms with E-state index < -0.39 is 26.1 Å². The molecule has 1 aliphatic heterocycles. The second-order valence-electron chi connectivity index (χ2n) is 7.55.